The lowest BCUT2D eigenvalue weighted by atomic mass is 10.1. The number of rotatable bonds is 2. The van der Waals surface area contributed by atoms with Crippen LogP contribution in [0.4, 0.5) is 0 Å². The van der Waals surface area contributed by atoms with Crippen molar-refractivity contribution >= 4 is 0 Å². The van der Waals surface area contributed by atoms with Crippen LogP contribution >= 0.6 is 0 Å². The maximum Gasteiger partial charge on any atom is 0.217 e. The van der Waals surface area contributed by atoms with E-state index in [1.165, 1.54) is 0 Å². The molecule has 0 saturated heterocycles. The van der Waals surface area contributed by atoms with E-state index in [1.807, 2.05) is 45.0 Å². The van der Waals surface area contributed by atoms with Crippen LogP contribution in [0.15, 0.2) is 30.5 Å². The number of nitrogens with zero attached hydrogens (tertiary/aromatic N) is 2. The standard InChI is InChI=1S/C13H16N2O/c1-9(2)11-8-14-15(13(11)16)12-7-5-4-6-10(12)3/h4-9,16H,1-3H3. The monoisotopic (exact) mass is 216 g/mol. The molecule has 84 valence electrons. The van der Waals surface area contributed by atoms with E-state index in [4.69, 9.17) is 0 Å². The molecule has 0 atom stereocenters. The highest BCUT2D eigenvalue weighted by atomic mass is 16.3. The van der Waals surface area contributed by atoms with Gasteiger partial charge in [-0.3, -0.25) is 0 Å². The zero-order valence-corrected chi connectivity index (χ0v) is 9.81. The quantitative estimate of drug-likeness (QED) is 0.838. The third-order valence-electron chi connectivity index (χ3n) is 2.74. The number of para-hydroxylation sites is 1. The average Bonchev–Trinajstić information content (AvgIpc) is 2.61. The van der Waals surface area contributed by atoms with Crippen molar-refractivity contribution in [2.45, 2.75) is 26.7 Å². The summed E-state index contributed by atoms with van der Waals surface area (Å²) in [6.45, 7) is 6.09. The van der Waals surface area contributed by atoms with Crippen molar-refractivity contribution < 1.29 is 5.11 Å². The van der Waals surface area contributed by atoms with Crippen LogP contribution < -0.4 is 0 Å². The van der Waals surface area contributed by atoms with E-state index in [0.717, 1.165) is 16.8 Å². The lowest BCUT2D eigenvalue weighted by Gasteiger charge is -2.07. The van der Waals surface area contributed by atoms with E-state index in [0.29, 0.717) is 0 Å². The summed E-state index contributed by atoms with van der Waals surface area (Å²) >= 11 is 0. The molecule has 0 spiro atoms. The summed E-state index contributed by atoms with van der Waals surface area (Å²) in [4.78, 5) is 0. The van der Waals surface area contributed by atoms with Gasteiger partial charge < -0.3 is 5.11 Å². The Balaban J connectivity index is 2.54. The van der Waals surface area contributed by atoms with Gasteiger partial charge in [-0.2, -0.15) is 5.10 Å². The first-order valence-corrected chi connectivity index (χ1v) is 5.44. The number of aromatic nitrogens is 2. The molecule has 3 heteroatoms. The molecule has 0 aliphatic heterocycles. The molecule has 0 bridgehead atoms. The second-order valence-electron chi connectivity index (χ2n) is 4.28. The SMILES string of the molecule is Cc1ccccc1-n1ncc(C(C)C)c1O. The van der Waals surface area contributed by atoms with Gasteiger partial charge in [-0.15, -0.1) is 0 Å². The van der Waals surface area contributed by atoms with Crippen LogP contribution in [0, 0.1) is 6.92 Å². The molecule has 1 N–H and O–H groups in total. The van der Waals surface area contributed by atoms with Crippen LogP contribution in [0.25, 0.3) is 5.69 Å². The van der Waals surface area contributed by atoms with E-state index in [2.05, 4.69) is 5.10 Å². The van der Waals surface area contributed by atoms with Crippen molar-refractivity contribution in [3.8, 4) is 11.6 Å². The lowest BCUT2D eigenvalue weighted by molar-refractivity contribution is 0.425. The van der Waals surface area contributed by atoms with E-state index in [1.54, 1.807) is 10.9 Å². The normalized spacial score (nSPS) is 11.0. The average molecular weight is 216 g/mol. The van der Waals surface area contributed by atoms with Crippen LogP contribution in [0.2, 0.25) is 0 Å². The van der Waals surface area contributed by atoms with Gasteiger partial charge in [-0.25, -0.2) is 4.68 Å². The van der Waals surface area contributed by atoms with Gasteiger partial charge in [0.25, 0.3) is 0 Å². The van der Waals surface area contributed by atoms with E-state index in [-0.39, 0.29) is 11.8 Å². The molecule has 0 amide bonds. The fourth-order valence-corrected chi connectivity index (χ4v) is 1.74. The van der Waals surface area contributed by atoms with Crippen molar-refractivity contribution in [3.63, 3.8) is 0 Å². The van der Waals surface area contributed by atoms with Crippen molar-refractivity contribution in [1.29, 1.82) is 0 Å². The third-order valence-corrected chi connectivity index (χ3v) is 2.74. The van der Waals surface area contributed by atoms with Gasteiger partial charge >= 0.3 is 0 Å². The van der Waals surface area contributed by atoms with E-state index in [9.17, 15) is 5.11 Å². The molecule has 0 unspecified atom stereocenters. The van der Waals surface area contributed by atoms with E-state index >= 15 is 0 Å². The van der Waals surface area contributed by atoms with Crippen LogP contribution in [-0.2, 0) is 0 Å². The minimum Gasteiger partial charge on any atom is -0.493 e. The van der Waals surface area contributed by atoms with E-state index < -0.39 is 0 Å². The summed E-state index contributed by atoms with van der Waals surface area (Å²) in [5, 5.41) is 14.3. The molecule has 3 nitrogen and oxygen atoms in total. The summed E-state index contributed by atoms with van der Waals surface area (Å²) in [6, 6.07) is 7.87. The highest BCUT2D eigenvalue weighted by Crippen LogP contribution is 2.28. The smallest absolute Gasteiger partial charge is 0.217 e. The topological polar surface area (TPSA) is 38.0 Å². The molecular formula is C13H16N2O. The van der Waals surface area contributed by atoms with Gasteiger partial charge in [0.2, 0.25) is 5.88 Å². The minimum absolute atomic E-state index is 0.240. The number of aryl methyl sites for hydroxylation is 1. The molecule has 2 aromatic rings. The number of hydrogen-bond donors (Lipinski definition) is 1. The zero-order valence-electron chi connectivity index (χ0n) is 9.81. The second-order valence-corrected chi connectivity index (χ2v) is 4.28. The summed E-state index contributed by atoms with van der Waals surface area (Å²) in [7, 11) is 0. The summed E-state index contributed by atoms with van der Waals surface area (Å²) < 4.78 is 1.59. The summed E-state index contributed by atoms with van der Waals surface area (Å²) in [5.74, 6) is 0.516. The number of benzene rings is 1. The first-order chi connectivity index (χ1) is 7.61. The predicted octanol–water partition coefficient (Wildman–Crippen LogP) is 3.01. The molecular weight excluding hydrogens is 200 g/mol. The van der Waals surface area contributed by atoms with Gasteiger partial charge in [0, 0.05) is 5.56 Å². The molecule has 0 saturated carbocycles. The number of hydrogen-bond acceptors (Lipinski definition) is 2. The molecule has 16 heavy (non-hydrogen) atoms. The number of aromatic hydroxyl groups is 1. The maximum atomic E-state index is 10.1. The van der Waals surface area contributed by atoms with Crippen molar-refractivity contribution in [2.75, 3.05) is 0 Å². The third kappa shape index (κ3) is 1.69. The summed E-state index contributed by atoms with van der Waals surface area (Å²) in [6.07, 6.45) is 1.73. The fraction of sp³-hybridized carbons (Fsp3) is 0.308. The van der Waals surface area contributed by atoms with Crippen molar-refractivity contribution in [2.24, 2.45) is 0 Å². The molecule has 0 fully saturated rings. The fourth-order valence-electron chi connectivity index (χ4n) is 1.74. The van der Waals surface area contributed by atoms with Gasteiger partial charge in [0.1, 0.15) is 0 Å². The molecule has 0 radical (unpaired) electrons. The predicted molar refractivity (Wildman–Crippen MR) is 64.1 cm³/mol. The summed E-state index contributed by atoms with van der Waals surface area (Å²) in [5.41, 5.74) is 2.89. The Morgan fingerprint density at radius 3 is 2.50 bits per heavy atom. The zero-order chi connectivity index (χ0) is 11.7. The van der Waals surface area contributed by atoms with Crippen LogP contribution in [0.3, 0.4) is 0 Å². The first kappa shape index (κ1) is 10.7. The Bertz CT molecular complexity index is 500. The van der Waals surface area contributed by atoms with Gasteiger partial charge in [-0.1, -0.05) is 32.0 Å². The van der Waals surface area contributed by atoms with Crippen LogP contribution in [0.1, 0.15) is 30.9 Å². The Kier molecular flexibility index (Phi) is 2.69. The Morgan fingerprint density at radius 2 is 1.94 bits per heavy atom. The Morgan fingerprint density at radius 1 is 1.25 bits per heavy atom. The molecule has 1 heterocycles. The van der Waals surface area contributed by atoms with Crippen LogP contribution in [0.5, 0.6) is 5.88 Å². The van der Waals surface area contributed by atoms with Gasteiger partial charge in [0.15, 0.2) is 0 Å². The highest BCUT2D eigenvalue weighted by Gasteiger charge is 2.14. The Hall–Kier alpha value is -1.77. The molecule has 1 aromatic carbocycles. The molecule has 2 rings (SSSR count). The molecule has 0 aliphatic carbocycles. The van der Waals surface area contributed by atoms with Crippen LogP contribution in [-0.4, -0.2) is 14.9 Å². The maximum absolute atomic E-state index is 10.1. The first-order valence-electron chi connectivity index (χ1n) is 5.44. The van der Waals surface area contributed by atoms with Crippen molar-refractivity contribution in [1.82, 2.24) is 9.78 Å². The highest BCUT2D eigenvalue weighted by molar-refractivity contribution is 5.43. The lowest BCUT2D eigenvalue weighted by Crippen LogP contribution is -1.98. The largest absolute Gasteiger partial charge is 0.493 e. The molecule has 0 aliphatic rings. The second kappa shape index (κ2) is 4.00. The van der Waals surface area contributed by atoms with Gasteiger partial charge in [-0.05, 0) is 24.5 Å². The van der Waals surface area contributed by atoms with Crippen molar-refractivity contribution in [3.05, 3.63) is 41.6 Å². The molecule has 1 aromatic heterocycles. The minimum atomic E-state index is 0.240. The Labute approximate surface area is 95.3 Å². The van der Waals surface area contributed by atoms with Gasteiger partial charge in [0.05, 0.1) is 11.9 Å².